The maximum absolute atomic E-state index is 12.3. The predicted octanol–water partition coefficient (Wildman–Crippen LogP) is 5.30. The Kier molecular flexibility index (Phi) is 7.07. The van der Waals surface area contributed by atoms with E-state index >= 15 is 0 Å². The number of furan rings is 1. The third kappa shape index (κ3) is 5.52. The van der Waals surface area contributed by atoms with Gasteiger partial charge < -0.3 is 13.9 Å². The van der Waals surface area contributed by atoms with Crippen LogP contribution in [0.1, 0.15) is 21.7 Å². The highest BCUT2D eigenvalue weighted by atomic mass is 127. The molecule has 0 atom stereocenters. The number of benzene rings is 3. The number of halogens is 1. The standard InChI is InChI=1S/C24H18IN3O6/c1-32-22-10-16(4-8-21(22)33-14-15-2-5-18(25)6-3-15)13-26-27-24(29)23-12-17-11-19(28(30)31)7-9-20(17)34-23/h2-13H,14H2,1H3,(H,27,29)/b26-13+. The fourth-order valence-electron chi connectivity index (χ4n) is 3.10. The maximum Gasteiger partial charge on any atom is 0.307 e. The van der Waals surface area contributed by atoms with Crippen LogP contribution in [0.4, 0.5) is 5.69 Å². The summed E-state index contributed by atoms with van der Waals surface area (Å²) in [5, 5.41) is 15.3. The molecule has 0 unspecified atom stereocenters. The second kappa shape index (κ2) is 10.3. The summed E-state index contributed by atoms with van der Waals surface area (Å²) < 4.78 is 17.9. The van der Waals surface area contributed by atoms with Crippen LogP contribution in [-0.2, 0) is 6.61 Å². The number of rotatable bonds is 8. The summed E-state index contributed by atoms with van der Waals surface area (Å²) >= 11 is 2.25. The number of hydrogen-bond acceptors (Lipinski definition) is 7. The molecule has 1 amide bonds. The second-order valence-electron chi connectivity index (χ2n) is 7.11. The Balaban J connectivity index is 1.40. The molecule has 0 bridgehead atoms. The number of hydrogen-bond donors (Lipinski definition) is 1. The van der Waals surface area contributed by atoms with Crippen molar-refractivity contribution < 1.29 is 23.6 Å². The van der Waals surface area contributed by atoms with Crippen LogP contribution in [-0.4, -0.2) is 24.2 Å². The van der Waals surface area contributed by atoms with Crippen molar-refractivity contribution in [3.63, 3.8) is 0 Å². The smallest absolute Gasteiger partial charge is 0.307 e. The molecule has 0 aliphatic carbocycles. The molecular formula is C24H18IN3O6. The molecule has 3 aromatic carbocycles. The van der Waals surface area contributed by atoms with Gasteiger partial charge in [0.1, 0.15) is 12.2 Å². The topological polar surface area (TPSA) is 116 Å². The van der Waals surface area contributed by atoms with Gasteiger partial charge in [-0.15, -0.1) is 0 Å². The van der Waals surface area contributed by atoms with Gasteiger partial charge in [-0.25, -0.2) is 5.43 Å². The molecule has 10 heteroatoms. The fraction of sp³-hybridized carbons (Fsp3) is 0.0833. The Morgan fingerprint density at radius 1 is 1.12 bits per heavy atom. The van der Waals surface area contributed by atoms with E-state index in [1.165, 1.54) is 30.5 Å². The lowest BCUT2D eigenvalue weighted by molar-refractivity contribution is -0.384. The molecule has 4 rings (SSSR count). The van der Waals surface area contributed by atoms with E-state index in [2.05, 4.69) is 33.1 Å². The highest BCUT2D eigenvalue weighted by Gasteiger charge is 2.14. The number of nitro groups is 1. The average molecular weight is 571 g/mol. The lowest BCUT2D eigenvalue weighted by Crippen LogP contribution is -2.16. The molecule has 1 aromatic heterocycles. The minimum atomic E-state index is -0.584. The Bertz CT molecular complexity index is 1380. The summed E-state index contributed by atoms with van der Waals surface area (Å²) in [6.07, 6.45) is 1.46. The minimum absolute atomic E-state index is 0.00965. The van der Waals surface area contributed by atoms with Gasteiger partial charge in [0.25, 0.3) is 5.69 Å². The van der Waals surface area contributed by atoms with Gasteiger partial charge >= 0.3 is 5.91 Å². The van der Waals surface area contributed by atoms with Crippen LogP contribution >= 0.6 is 22.6 Å². The largest absolute Gasteiger partial charge is 0.493 e. The minimum Gasteiger partial charge on any atom is -0.493 e. The number of non-ortho nitro benzene ring substituents is 1. The van der Waals surface area contributed by atoms with E-state index in [-0.39, 0.29) is 11.4 Å². The van der Waals surface area contributed by atoms with Crippen LogP contribution in [0.2, 0.25) is 0 Å². The van der Waals surface area contributed by atoms with E-state index in [0.29, 0.717) is 34.6 Å². The number of nitro benzene ring substituents is 1. The van der Waals surface area contributed by atoms with Gasteiger partial charge in [-0.3, -0.25) is 14.9 Å². The monoisotopic (exact) mass is 571 g/mol. The molecule has 0 fully saturated rings. The van der Waals surface area contributed by atoms with Gasteiger partial charge in [-0.1, -0.05) is 12.1 Å². The Labute approximate surface area is 207 Å². The number of fused-ring (bicyclic) bond motifs is 1. The summed E-state index contributed by atoms with van der Waals surface area (Å²) in [5.41, 5.74) is 4.38. The van der Waals surface area contributed by atoms with E-state index in [0.717, 1.165) is 9.13 Å². The molecular weight excluding hydrogens is 553 g/mol. The molecule has 0 saturated heterocycles. The zero-order chi connectivity index (χ0) is 24.1. The number of amides is 1. The number of ether oxygens (including phenoxy) is 2. The van der Waals surface area contributed by atoms with Gasteiger partial charge in [0.15, 0.2) is 17.3 Å². The van der Waals surface area contributed by atoms with Crippen LogP contribution in [0.5, 0.6) is 11.5 Å². The number of nitrogens with zero attached hydrogens (tertiary/aromatic N) is 2. The van der Waals surface area contributed by atoms with Gasteiger partial charge in [0.05, 0.1) is 18.2 Å². The molecule has 0 aliphatic heterocycles. The quantitative estimate of drug-likeness (QED) is 0.133. The molecule has 0 spiro atoms. The van der Waals surface area contributed by atoms with Crippen molar-refractivity contribution in [1.29, 1.82) is 0 Å². The number of nitrogens with one attached hydrogen (secondary N) is 1. The highest BCUT2D eigenvalue weighted by Crippen LogP contribution is 2.28. The van der Waals surface area contributed by atoms with E-state index < -0.39 is 10.8 Å². The van der Waals surface area contributed by atoms with Crippen molar-refractivity contribution >= 4 is 51.4 Å². The summed E-state index contributed by atoms with van der Waals surface area (Å²) in [6, 6.07) is 18.8. The number of carbonyl (C=O) groups excluding carboxylic acids is 1. The Morgan fingerprint density at radius 3 is 2.65 bits per heavy atom. The van der Waals surface area contributed by atoms with Crippen LogP contribution in [0.15, 0.2) is 76.2 Å². The van der Waals surface area contributed by atoms with Crippen LogP contribution in [0, 0.1) is 13.7 Å². The summed E-state index contributed by atoms with van der Waals surface area (Å²) in [6.45, 7) is 0.400. The normalized spacial score (nSPS) is 11.0. The van der Waals surface area contributed by atoms with Crippen LogP contribution in [0.3, 0.4) is 0 Å². The maximum atomic E-state index is 12.3. The van der Waals surface area contributed by atoms with E-state index in [1.807, 2.05) is 24.3 Å². The van der Waals surface area contributed by atoms with E-state index in [4.69, 9.17) is 13.9 Å². The Hall–Kier alpha value is -3.93. The summed E-state index contributed by atoms with van der Waals surface area (Å²) in [4.78, 5) is 22.7. The number of hydrazone groups is 1. The number of methoxy groups -OCH3 is 1. The number of carbonyl (C=O) groups is 1. The van der Waals surface area contributed by atoms with Gasteiger partial charge in [0.2, 0.25) is 0 Å². The van der Waals surface area contributed by atoms with Crippen molar-refractivity contribution in [2.75, 3.05) is 7.11 Å². The second-order valence-corrected chi connectivity index (χ2v) is 8.36. The lowest BCUT2D eigenvalue weighted by atomic mass is 10.2. The van der Waals surface area contributed by atoms with Gasteiger partial charge in [0, 0.05) is 21.1 Å². The molecule has 0 saturated carbocycles. The van der Waals surface area contributed by atoms with Gasteiger partial charge in [-0.05, 0) is 76.2 Å². The molecule has 0 aliphatic rings. The molecule has 1 N–H and O–H groups in total. The predicted molar refractivity (Wildman–Crippen MR) is 134 cm³/mol. The molecule has 4 aromatic rings. The SMILES string of the molecule is COc1cc(/C=N/NC(=O)c2cc3cc([N+](=O)[O-])ccc3o2)ccc1OCc1ccc(I)cc1. The zero-order valence-electron chi connectivity index (χ0n) is 17.9. The molecule has 9 nitrogen and oxygen atoms in total. The third-order valence-corrected chi connectivity index (χ3v) is 5.53. The highest BCUT2D eigenvalue weighted by molar-refractivity contribution is 14.1. The third-order valence-electron chi connectivity index (χ3n) is 4.81. The summed E-state index contributed by atoms with van der Waals surface area (Å²) in [7, 11) is 1.54. The van der Waals surface area contributed by atoms with Crippen molar-refractivity contribution in [3.8, 4) is 11.5 Å². The molecule has 172 valence electrons. The molecule has 0 radical (unpaired) electrons. The summed E-state index contributed by atoms with van der Waals surface area (Å²) in [5.74, 6) is 0.516. The van der Waals surface area contributed by atoms with Crippen molar-refractivity contribution in [2.45, 2.75) is 6.61 Å². The van der Waals surface area contributed by atoms with Gasteiger partial charge in [-0.2, -0.15) is 5.10 Å². The lowest BCUT2D eigenvalue weighted by Gasteiger charge is -2.11. The first-order valence-electron chi connectivity index (χ1n) is 9.99. The van der Waals surface area contributed by atoms with E-state index in [9.17, 15) is 14.9 Å². The molecule has 1 heterocycles. The van der Waals surface area contributed by atoms with Crippen molar-refractivity contribution in [1.82, 2.24) is 5.43 Å². The average Bonchev–Trinajstić information content (AvgIpc) is 3.27. The van der Waals surface area contributed by atoms with Crippen LogP contribution in [0.25, 0.3) is 11.0 Å². The van der Waals surface area contributed by atoms with Crippen molar-refractivity contribution in [2.24, 2.45) is 5.10 Å². The molecule has 34 heavy (non-hydrogen) atoms. The Morgan fingerprint density at radius 2 is 1.91 bits per heavy atom. The first kappa shape index (κ1) is 23.2. The first-order valence-corrected chi connectivity index (χ1v) is 11.1. The first-order chi connectivity index (χ1) is 16.4. The fourth-order valence-corrected chi connectivity index (χ4v) is 3.46. The van der Waals surface area contributed by atoms with E-state index in [1.54, 1.807) is 25.3 Å². The van der Waals surface area contributed by atoms with Crippen molar-refractivity contribution in [3.05, 3.63) is 97.3 Å². The zero-order valence-corrected chi connectivity index (χ0v) is 20.0. The van der Waals surface area contributed by atoms with Crippen LogP contribution < -0.4 is 14.9 Å².